The van der Waals surface area contributed by atoms with Crippen LogP contribution in [0.15, 0.2) is 24.3 Å². The zero-order valence-corrected chi connectivity index (χ0v) is 19.5. The van der Waals surface area contributed by atoms with Gasteiger partial charge in [0.15, 0.2) is 11.5 Å². The van der Waals surface area contributed by atoms with Gasteiger partial charge in [-0.25, -0.2) is 4.79 Å². The lowest BCUT2D eigenvalue weighted by atomic mass is 9.93. The Kier molecular flexibility index (Phi) is 8.09. The normalized spacial score (nSPS) is 14.5. The summed E-state index contributed by atoms with van der Waals surface area (Å²) in [7, 11) is 7.92. The van der Waals surface area contributed by atoms with Gasteiger partial charge in [0.1, 0.15) is 5.75 Å². The zero-order chi connectivity index (χ0) is 23.1. The van der Waals surface area contributed by atoms with Crippen LogP contribution in [-0.2, 0) is 11.2 Å². The molecule has 32 heavy (non-hydrogen) atoms. The molecule has 3 rings (SSSR count). The number of benzene rings is 2. The number of esters is 1. The largest absolute Gasteiger partial charge is 0.494 e. The lowest BCUT2D eigenvalue weighted by Gasteiger charge is -2.22. The average molecular weight is 445 g/mol. The van der Waals surface area contributed by atoms with Gasteiger partial charge in [-0.15, -0.1) is 0 Å². The molecule has 0 spiro atoms. The van der Waals surface area contributed by atoms with Gasteiger partial charge in [-0.1, -0.05) is 0 Å². The van der Waals surface area contributed by atoms with Crippen LogP contribution >= 0.6 is 0 Å². The molecule has 7 nitrogen and oxygen atoms in total. The van der Waals surface area contributed by atoms with Crippen LogP contribution in [0.25, 0.3) is 0 Å². The van der Waals surface area contributed by atoms with Crippen molar-refractivity contribution in [3.63, 3.8) is 0 Å². The van der Waals surface area contributed by atoms with Crippen molar-refractivity contribution in [3.8, 4) is 28.7 Å². The molecule has 0 aliphatic heterocycles. The van der Waals surface area contributed by atoms with Crippen molar-refractivity contribution in [2.45, 2.75) is 38.0 Å². The monoisotopic (exact) mass is 444 g/mol. The van der Waals surface area contributed by atoms with E-state index in [1.807, 2.05) is 0 Å². The molecule has 1 aliphatic rings. The summed E-state index contributed by atoms with van der Waals surface area (Å²) in [6, 6.07) is 6.99. The molecule has 174 valence electrons. The molecule has 0 saturated heterocycles. The van der Waals surface area contributed by atoms with Crippen molar-refractivity contribution in [1.29, 1.82) is 0 Å². The third-order valence-corrected chi connectivity index (χ3v) is 5.92. The SMILES string of the molecule is COC(=O)c1ccc(OCCCCC2CCc3c(OC)c(OC)c(OC)c(OC)c32)cc1. The van der Waals surface area contributed by atoms with E-state index in [0.29, 0.717) is 29.6 Å². The van der Waals surface area contributed by atoms with Crippen molar-refractivity contribution >= 4 is 5.97 Å². The number of unbranched alkanes of at least 4 members (excludes halogenated alkanes) is 1. The Morgan fingerprint density at radius 2 is 1.47 bits per heavy atom. The predicted molar refractivity (Wildman–Crippen MR) is 121 cm³/mol. The molecule has 2 aromatic rings. The number of methoxy groups -OCH3 is 5. The van der Waals surface area contributed by atoms with E-state index in [2.05, 4.69) is 0 Å². The molecule has 0 N–H and O–H groups in total. The molecule has 2 aromatic carbocycles. The highest BCUT2D eigenvalue weighted by molar-refractivity contribution is 5.89. The quantitative estimate of drug-likeness (QED) is 0.365. The van der Waals surface area contributed by atoms with Crippen molar-refractivity contribution in [3.05, 3.63) is 41.0 Å². The van der Waals surface area contributed by atoms with E-state index in [-0.39, 0.29) is 5.97 Å². The van der Waals surface area contributed by atoms with Crippen LogP contribution in [0.2, 0.25) is 0 Å². The topological polar surface area (TPSA) is 72.5 Å². The maximum atomic E-state index is 11.5. The minimum atomic E-state index is -0.352. The maximum absolute atomic E-state index is 11.5. The van der Waals surface area contributed by atoms with Crippen LogP contribution in [-0.4, -0.2) is 48.1 Å². The summed E-state index contributed by atoms with van der Waals surface area (Å²) < 4.78 is 33.2. The van der Waals surface area contributed by atoms with E-state index < -0.39 is 0 Å². The maximum Gasteiger partial charge on any atom is 0.337 e. The van der Waals surface area contributed by atoms with Gasteiger partial charge in [-0.3, -0.25) is 0 Å². The van der Waals surface area contributed by atoms with E-state index in [0.717, 1.165) is 54.9 Å². The smallest absolute Gasteiger partial charge is 0.337 e. The minimum absolute atomic E-state index is 0.352. The van der Waals surface area contributed by atoms with Gasteiger partial charge in [0, 0.05) is 11.1 Å². The summed E-state index contributed by atoms with van der Waals surface area (Å²) in [5.74, 6) is 3.40. The van der Waals surface area contributed by atoms with Crippen LogP contribution in [0.4, 0.5) is 0 Å². The van der Waals surface area contributed by atoms with Gasteiger partial charge in [0.2, 0.25) is 11.5 Å². The summed E-state index contributed by atoms with van der Waals surface area (Å²) in [6.07, 6.45) is 4.92. The van der Waals surface area contributed by atoms with Crippen LogP contribution in [0.1, 0.15) is 53.1 Å². The molecule has 1 unspecified atom stereocenters. The highest BCUT2D eigenvalue weighted by atomic mass is 16.5. The second-order valence-electron chi connectivity index (χ2n) is 7.62. The Labute approximate surface area is 189 Å². The first-order chi connectivity index (χ1) is 15.6. The molecule has 1 atom stereocenters. The third-order valence-electron chi connectivity index (χ3n) is 5.92. The van der Waals surface area contributed by atoms with E-state index in [9.17, 15) is 4.79 Å². The second-order valence-corrected chi connectivity index (χ2v) is 7.62. The number of ether oxygens (including phenoxy) is 6. The fourth-order valence-corrected chi connectivity index (χ4v) is 4.43. The van der Waals surface area contributed by atoms with Crippen LogP contribution < -0.4 is 23.7 Å². The molecule has 0 bridgehead atoms. The lowest BCUT2D eigenvalue weighted by Crippen LogP contribution is -2.05. The fraction of sp³-hybridized carbons (Fsp3) is 0.480. The summed E-state index contributed by atoms with van der Waals surface area (Å²) in [4.78, 5) is 11.5. The second kappa shape index (κ2) is 11.0. The molecular formula is C25H32O7. The highest BCUT2D eigenvalue weighted by Crippen LogP contribution is 2.56. The number of fused-ring (bicyclic) bond motifs is 1. The summed E-state index contributed by atoms with van der Waals surface area (Å²) in [6.45, 7) is 0.615. The Morgan fingerprint density at radius 1 is 0.844 bits per heavy atom. The van der Waals surface area contributed by atoms with E-state index >= 15 is 0 Å². The molecule has 1 aliphatic carbocycles. The summed E-state index contributed by atoms with van der Waals surface area (Å²) in [5, 5.41) is 0. The van der Waals surface area contributed by atoms with Crippen LogP contribution in [0, 0.1) is 0 Å². The lowest BCUT2D eigenvalue weighted by molar-refractivity contribution is 0.0600. The number of rotatable bonds is 11. The number of hydrogen-bond donors (Lipinski definition) is 0. The molecule has 0 amide bonds. The number of carbonyl (C=O) groups is 1. The zero-order valence-electron chi connectivity index (χ0n) is 19.5. The van der Waals surface area contributed by atoms with Crippen molar-refractivity contribution in [2.24, 2.45) is 0 Å². The van der Waals surface area contributed by atoms with Crippen molar-refractivity contribution in [2.75, 3.05) is 42.2 Å². The first-order valence-corrected chi connectivity index (χ1v) is 10.8. The van der Waals surface area contributed by atoms with E-state index in [1.54, 1.807) is 52.7 Å². The third kappa shape index (κ3) is 4.71. The highest BCUT2D eigenvalue weighted by Gasteiger charge is 2.35. The van der Waals surface area contributed by atoms with Gasteiger partial charge in [0.25, 0.3) is 0 Å². The van der Waals surface area contributed by atoms with Crippen LogP contribution in [0.3, 0.4) is 0 Å². The van der Waals surface area contributed by atoms with Crippen molar-refractivity contribution in [1.82, 2.24) is 0 Å². The summed E-state index contributed by atoms with van der Waals surface area (Å²) in [5.41, 5.74) is 2.83. The molecule has 0 fully saturated rings. The minimum Gasteiger partial charge on any atom is -0.494 e. The fourth-order valence-electron chi connectivity index (χ4n) is 4.43. The molecule has 7 heteroatoms. The standard InChI is InChI=1S/C25H32O7/c1-27-21-19-14-11-16(20(19)22(28-2)24(30-4)23(21)29-3)8-6-7-15-32-18-12-9-17(10-13-18)25(26)31-5/h9-10,12-13,16H,6-8,11,14-15H2,1-5H3. The number of carbonyl (C=O) groups excluding carboxylic acids is 1. The van der Waals surface area contributed by atoms with Gasteiger partial charge in [-0.2, -0.15) is 0 Å². The van der Waals surface area contributed by atoms with Gasteiger partial charge in [-0.05, 0) is 62.3 Å². The van der Waals surface area contributed by atoms with Crippen molar-refractivity contribution < 1.29 is 33.2 Å². The first-order valence-electron chi connectivity index (χ1n) is 10.8. The Hall–Kier alpha value is -3.09. The Morgan fingerprint density at radius 3 is 2.06 bits per heavy atom. The van der Waals surface area contributed by atoms with E-state index in [4.69, 9.17) is 28.4 Å². The van der Waals surface area contributed by atoms with E-state index in [1.165, 1.54) is 12.7 Å². The molecule has 0 heterocycles. The molecular weight excluding hydrogens is 412 g/mol. The molecule has 0 aromatic heterocycles. The Balaban J connectivity index is 1.61. The van der Waals surface area contributed by atoms with Gasteiger partial charge < -0.3 is 28.4 Å². The molecule has 0 radical (unpaired) electrons. The molecule has 0 saturated carbocycles. The van der Waals surface area contributed by atoms with Crippen LogP contribution in [0.5, 0.6) is 28.7 Å². The Bertz CT molecular complexity index is 921. The summed E-state index contributed by atoms with van der Waals surface area (Å²) >= 11 is 0. The van der Waals surface area contributed by atoms with Gasteiger partial charge >= 0.3 is 5.97 Å². The predicted octanol–water partition coefficient (Wildman–Crippen LogP) is 4.79. The first kappa shape index (κ1) is 23.6. The average Bonchev–Trinajstić information content (AvgIpc) is 3.25. The van der Waals surface area contributed by atoms with Gasteiger partial charge in [0.05, 0.1) is 47.7 Å². The number of hydrogen-bond acceptors (Lipinski definition) is 7.